The second-order valence-corrected chi connectivity index (χ2v) is 16.9. The molecular formula is C54H53N9O6. The fourth-order valence-electron chi connectivity index (χ4n) is 8.12. The van der Waals surface area contributed by atoms with E-state index in [2.05, 4.69) is 47.2 Å². The summed E-state index contributed by atoms with van der Waals surface area (Å²) in [5.74, 6) is -1.98. The van der Waals surface area contributed by atoms with Gasteiger partial charge in [0.1, 0.15) is 35.7 Å². The molecular weight excluding hydrogens is 871 g/mol. The molecule has 15 heteroatoms. The highest BCUT2D eigenvalue weighted by atomic mass is 16.5. The molecule has 6 N–H and O–H groups in total. The molecule has 6 aromatic carbocycles. The minimum absolute atomic E-state index is 0.0505. The molecule has 0 saturated heterocycles. The van der Waals surface area contributed by atoms with Crippen molar-refractivity contribution in [3.8, 4) is 28.0 Å². The van der Waals surface area contributed by atoms with Crippen molar-refractivity contribution in [2.45, 2.75) is 62.7 Å². The van der Waals surface area contributed by atoms with Gasteiger partial charge in [-0.05, 0) is 79.9 Å². The number of H-pyrrole nitrogens is 1. The number of aromatic nitrogens is 4. The number of nitrogens with zero attached hydrogens (tertiary/aromatic N) is 3. The first kappa shape index (κ1) is 47.0. The van der Waals surface area contributed by atoms with E-state index in [-0.39, 0.29) is 32.2 Å². The van der Waals surface area contributed by atoms with Crippen LogP contribution in [0.2, 0.25) is 0 Å². The van der Waals surface area contributed by atoms with E-state index in [9.17, 15) is 24.0 Å². The summed E-state index contributed by atoms with van der Waals surface area (Å²) in [4.78, 5) is 71.5. The van der Waals surface area contributed by atoms with Crippen LogP contribution in [0.5, 0.6) is 5.75 Å². The lowest BCUT2D eigenvalue weighted by Gasteiger charge is -2.27. The number of carbonyl (C=O) groups excluding carboxylic acids is 5. The number of nitrogens with one attached hydrogen (secondary N) is 6. The molecule has 4 atom stereocenters. The molecule has 15 nitrogen and oxygen atoms in total. The van der Waals surface area contributed by atoms with Crippen LogP contribution in [0.25, 0.3) is 22.3 Å². The molecule has 5 amide bonds. The first-order valence-corrected chi connectivity index (χ1v) is 23.0. The smallest absolute Gasteiger partial charge is 0.258 e. The molecule has 2 aliphatic rings. The summed E-state index contributed by atoms with van der Waals surface area (Å²) in [6, 6.07) is 47.0. The van der Waals surface area contributed by atoms with Gasteiger partial charge in [-0.2, -0.15) is 0 Å². The highest BCUT2D eigenvalue weighted by molar-refractivity contribution is 5.96. The van der Waals surface area contributed by atoms with Crippen molar-refractivity contribution in [3.05, 3.63) is 192 Å². The number of tetrazole rings is 1. The second-order valence-electron chi connectivity index (χ2n) is 16.9. The molecule has 0 fully saturated rings. The van der Waals surface area contributed by atoms with Gasteiger partial charge in [-0.25, -0.2) is 5.10 Å². The van der Waals surface area contributed by atoms with Crippen LogP contribution < -0.4 is 31.3 Å². The van der Waals surface area contributed by atoms with Crippen LogP contribution in [0.3, 0.4) is 0 Å². The summed E-state index contributed by atoms with van der Waals surface area (Å²) >= 11 is 0. The number of carbonyl (C=O) groups is 5. The Morgan fingerprint density at radius 3 is 1.64 bits per heavy atom. The van der Waals surface area contributed by atoms with Crippen molar-refractivity contribution >= 4 is 29.5 Å². The van der Waals surface area contributed by atoms with E-state index in [0.29, 0.717) is 30.0 Å². The van der Waals surface area contributed by atoms with Gasteiger partial charge in [0.05, 0.1) is 0 Å². The average molecular weight is 924 g/mol. The van der Waals surface area contributed by atoms with Crippen LogP contribution in [0.1, 0.15) is 34.5 Å². The summed E-state index contributed by atoms with van der Waals surface area (Å²) < 4.78 is 5.88. The molecule has 0 spiro atoms. The zero-order chi connectivity index (χ0) is 47.8. The number of hydrogen-bond donors (Lipinski definition) is 6. The van der Waals surface area contributed by atoms with Crippen LogP contribution in [0, 0.1) is 0 Å². The number of amides is 5. The van der Waals surface area contributed by atoms with Gasteiger partial charge in [0, 0.05) is 32.2 Å². The number of rotatable bonds is 13. The fraction of sp³-hybridized carbons (Fsp3) is 0.222. The summed E-state index contributed by atoms with van der Waals surface area (Å²) in [5, 5.41) is 28.3. The van der Waals surface area contributed by atoms with Gasteiger partial charge < -0.3 is 31.3 Å². The van der Waals surface area contributed by atoms with Crippen LogP contribution >= 0.6 is 0 Å². The Morgan fingerprint density at radius 2 is 1.07 bits per heavy atom. The maximum atomic E-state index is 14.8. The molecule has 0 saturated carbocycles. The quantitative estimate of drug-likeness (QED) is 0.0870. The van der Waals surface area contributed by atoms with E-state index < -0.39 is 60.3 Å². The summed E-state index contributed by atoms with van der Waals surface area (Å²) in [6.07, 6.45) is 1.14. The minimum Gasteiger partial charge on any atom is -0.484 e. The molecule has 9 rings (SSSR count). The summed E-state index contributed by atoms with van der Waals surface area (Å²) in [6.45, 7) is -0.225. The van der Waals surface area contributed by atoms with Gasteiger partial charge in [0.2, 0.25) is 23.6 Å². The number of benzene rings is 6. The van der Waals surface area contributed by atoms with Gasteiger partial charge >= 0.3 is 0 Å². The summed E-state index contributed by atoms with van der Waals surface area (Å²) in [5.41, 5.74) is 7.15. The number of aryl methyl sites for hydroxylation is 1. The highest BCUT2D eigenvalue weighted by Gasteiger charge is 2.32. The second kappa shape index (κ2) is 23.3. The highest BCUT2D eigenvalue weighted by Crippen LogP contribution is 2.22. The lowest BCUT2D eigenvalue weighted by molar-refractivity contribution is -0.134. The molecule has 3 heterocycles. The third-order valence-corrected chi connectivity index (χ3v) is 11.9. The number of ether oxygens (including phenoxy) is 1. The average Bonchev–Trinajstić information content (AvgIpc) is 3.91. The van der Waals surface area contributed by atoms with E-state index in [1.54, 1.807) is 24.3 Å². The molecule has 2 aliphatic heterocycles. The van der Waals surface area contributed by atoms with Gasteiger partial charge in [-0.3, -0.25) is 24.0 Å². The van der Waals surface area contributed by atoms with E-state index >= 15 is 0 Å². The fourth-order valence-corrected chi connectivity index (χ4v) is 8.12. The Morgan fingerprint density at radius 1 is 0.551 bits per heavy atom. The third-order valence-electron chi connectivity index (χ3n) is 11.9. The lowest BCUT2D eigenvalue weighted by Crippen LogP contribution is -2.59. The first-order valence-electron chi connectivity index (χ1n) is 23.0. The maximum Gasteiger partial charge on any atom is 0.258 e. The standard InChI is InChI=1S/C54H53N9O6/c64-50-35-69-44-27-20-39(21-28-44)32-46(51(65)55-31-30-49-60-62-63-61-49)58-52(66)45(29-22-36-10-4-1-5-11-36)57-54(68)48(34-38-18-25-43(26-19-38)41-14-8-3-9-15-41)59-53(67)47(56-50)33-37-16-23-42(24-17-37)40-12-6-2-7-13-40/h1-21,23-28,45-48H,22,29-35H2,(H,55,65)(H,56,64)(H,57,68)(H,58,66)(H,59,67)(H,60,61,62,63)/t45-,46-,47-,48+/m0/s1. The predicted octanol–water partition coefficient (Wildman–Crippen LogP) is 4.88. The van der Waals surface area contributed by atoms with Gasteiger partial charge in [-0.15, -0.1) is 5.10 Å². The Bertz CT molecular complexity index is 2780. The normalized spacial score (nSPS) is 18.0. The van der Waals surface area contributed by atoms with E-state index in [0.717, 1.165) is 38.9 Å². The maximum absolute atomic E-state index is 14.8. The molecule has 1 aromatic heterocycles. The zero-order valence-corrected chi connectivity index (χ0v) is 37.8. The van der Waals surface area contributed by atoms with Crippen LogP contribution in [-0.2, 0) is 56.1 Å². The van der Waals surface area contributed by atoms with Gasteiger partial charge in [-0.1, -0.05) is 152 Å². The van der Waals surface area contributed by atoms with Crippen LogP contribution in [-0.4, -0.2) is 87.5 Å². The third kappa shape index (κ3) is 13.6. The van der Waals surface area contributed by atoms with Gasteiger partial charge in [0.25, 0.3) is 5.91 Å². The van der Waals surface area contributed by atoms with Crippen LogP contribution in [0.4, 0.5) is 0 Å². The van der Waals surface area contributed by atoms with Crippen LogP contribution in [0.15, 0.2) is 164 Å². The van der Waals surface area contributed by atoms with Crippen molar-refractivity contribution in [2.75, 3.05) is 13.2 Å². The largest absolute Gasteiger partial charge is 0.484 e. The molecule has 0 radical (unpaired) electrons. The molecule has 69 heavy (non-hydrogen) atoms. The predicted molar refractivity (Wildman–Crippen MR) is 260 cm³/mol. The molecule has 2 bridgehead atoms. The summed E-state index contributed by atoms with van der Waals surface area (Å²) in [7, 11) is 0. The monoisotopic (exact) mass is 923 g/mol. The Kier molecular flexibility index (Phi) is 15.9. The Balaban J connectivity index is 1.11. The molecule has 350 valence electrons. The van der Waals surface area contributed by atoms with Crippen molar-refractivity contribution in [1.29, 1.82) is 0 Å². The first-order chi connectivity index (χ1) is 33.7. The van der Waals surface area contributed by atoms with Crippen molar-refractivity contribution in [3.63, 3.8) is 0 Å². The molecule has 0 aliphatic carbocycles. The van der Waals surface area contributed by atoms with Gasteiger partial charge in [0.15, 0.2) is 6.61 Å². The number of aromatic amines is 1. The Labute approximate surface area is 399 Å². The van der Waals surface area contributed by atoms with Crippen molar-refractivity contribution in [1.82, 2.24) is 47.2 Å². The lowest BCUT2D eigenvalue weighted by atomic mass is 9.98. The van der Waals surface area contributed by atoms with E-state index in [4.69, 9.17) is 4.74 Å². The SMILES string of the molecule is O=C1COc2ccc(cc2)C[C@@H](C(=O)NCCc2nnn[nH]2)NC(=O)[C@H](CCc2ccccc2)NC(=O)[C@@H](Cc2ccc(-c3ccccc3)cc2)NC(=O)[C@H](Cc2ccc(-c3ccccc3)cc2)N1. The molecule has 0 unspecified atom stereocenters. The van der Waals surface area contributed by atoms with Crippen molar-refractivity contribution in [2.24, 2.45) is 0 Å². The van der Waals surface area contributed by atoms with Crippen molar-refractivity contribution < 1.29 is 28.7 Å². The van der Waals surface area contributed by atoms with E-state index in [1.807, 2.05) is 140 Å². The Hall–Kier alpha value is -8.46. The minimum atomic E-state index is -1.20. The topological polar surface area (TPSA) is 209 Å². The molecule has 7 aromatic rings. The zero-order valence-electron chi connectivity index (χ0n) is 37.8. The number of hydrogen-bond acceptors (Lipinski definition) is 9. The van der Waals surface area contributed by atoms with E-state index in [1.165, 1.54) is 0 Å². The number of fused-ring (bicyclic) bond motifs is 16.